The average molecular weight is 284 g/mol. The van der Waals surface area contributed by atoms with Crippen molar-refractivity contribution in [2.45, 2.75) is 6.54 Å². The van der Waals surface area contributed by atoms with E-state index in [-0.39, 0.29) is 5.56 Å². The molecule has 5 heteroatoms. The number of nitrogens with zero attached hydrogens (tertiary/aromatic N) is 1. The number of hydrogen-bond acceptors (Lipinski definition) is 5. The summed E-state index contributed by atoms with van der Waals surface area (Å²) in [7, 11) is 1.62. The molecule has 1 aliphatic heterocycles. The predicted molar refractivity (Wildman–Crippen MR) is 75.4 cm³/mol. The van der Waals surface area contributed by atoms with Gasteiger partial charge in [0, 0.05) is 17.8 Å². The maximum Gasteiger partial charge on any atom is 0.161 e. The number of anilines is 1. The van der Waals surface area contributed by atoms with Crippen molar-refractivity contribution in [1.29, 1.82) is 0 Å². The Bertz CT molecular complexity index is 684. The summed E-state index contributed by atoms with van der Waals surface area (Å²) in [6.07, 6.45) is 0. The highest BCUT2D eigenvalue weighted by Crippen LogP contribution is 2.31. The van der Waals surface area contributed by atoms with E-state index in [4.69, 9.17) is 9.47 Å². The minimum absolute atomic E-state index is 0.156. The first-order valence-electron chi connectivity index (χ1n) is 6.53. The van der Waals surface area contributed by atoms with Gasteiger partial charge in [0.05, 0.1) is 13.1 Å². The summed E-state index contributed by atoms with van der Waals surface area (Å²) in [4.78, 5) is 12.9. The van der Waals surface area contributed by atoms with Gasteiger partial charge in [-0.1, -0.05) is 12.1 Å². The van der Waals surface area contributed by atoms with E-state index in [0.29, 0.717) is 13.3 Å². The number of hydrogen-bond donors (Lipinski definition) is 0. The fraction of sp³-hybridized carbons (Fsp3) is 0.188. The highest BCUT2D eigenvalue weighted by molar-refractivity contribution is 5.87. The maximum absolute atomic E-state index is 10.9. The van der Waals surface area contributed by atoms with Crippen LogP contribution in [0.15, 0.2) is 42.5 Å². The third kappa shape index (κ3) is 2.63. The van der Waals surface area contributed by atoms with Crippen molar-refractivity contribution in [2.75, 3.05) is 18.7 Å². The average Bonchev–Trinajstić information content (AvgIpc) is 2.53. The highest BCUT2D eigenvalue weighted by Gasteiger charge is 2.18. The zero-order valence-electron chi connectivity index (χ0n) is 11.5. The summed E-state index contributed by atoms with van der Waals surface area (Å²) >= 11 is 0. The molecular formula is C16H14NO4-. The second kappa shape index (κ2) is 5.36. The number of aromatic carboxylic acids is 1. The zero-order chi connectivity index (χ0) is 14.8. The van der Waals surface area contributed by atoms with E-state index in [2.05, 4.69) is 0 Å². The van der Waals surface area contributed by atoms with Gasteiger partial charge < -0.3 is 24.3 Å². The number of rotatable bonds is 3. The van der Waals surface area contributed by atoms with Crippen molar-refractivity contribution < 1.29 is 19.4 Å². The van der Waals surface area contributed by atoms with Crippen LogP contribution >= 0.6 is 0 Å². The van der Waals surface area contributed by atoms with E-state index in [0.717, 1.165) is 22.7 Å². The molecule has 0 N–H and O–H groups in total. The topological polar surface area (TPSA) is 61.8 Å². The SMILES string of the molecule is COc1ccc2c(c1)CN(c1cccc(C(=O)[O-])c1)CO2. The maximum atomic E-state index is 10.9. The minimum atomic E-state index is -1.18. The van der Waals surface area contributed by atoms with Crippen LogP contribution in [0.5, 0.6) is 11.5 Å². The number of methoxy groups -OCH3 is 1. The molecule has 0 bridgehead atoms. The molecule has 0 spiro atoms. The van der Waals surface area contributed by atoms with Crippen LogP contribution in [0.1, 0.15) is 15.9 Å². The molecule has 0 atom stereocenters. The number of carbonyl (C=O) groups excluding carboxylic acids is 1. The lowest BCUT2D eigenvalue weighted by atomic mass is 10.1. The summed E-state index contributed by atoms with van der Waals surface area (Å²) in [6.45, 7) is 0.999. The monoisotopic (exact) mass is 284 g/mol. The van der Waals surface area contributed by atoms with Crippen LogP contribution in [0.25, 0.3) is 0 Å². The molecule has 0 unspecified atom stereocenters. The lowest BCUT2D eigenvalue weighted by molar-refractivity contribution is -0.255. The van der Waals surface area contributed by atoms with Gasteiger partial charge in [-0.05, 0) is 35.9 Å². The quantitative estimate of drug-likeness (QED) is 0.853. The number of carbonyl (C=O) groups is 1. The number of carboxylic acid groups (broad SMARTS) is 1. The van der Waals surface area contributed by atoms with Crippen molar-refractivity contribution in [3.63, 3.8) is 0 Å². The van der Waals surface area contributed by atoms with E-state index in [1.807, 2.05) is 29.2 Å². The lowest BCUT2D eigenvalue weighted by Gasteiger charge is -2.31. The molecule has 0 saturated carbocycles. The Morgan fingerprint density at radius 3 is 2.90 bits per heavy atom. The van der Waals surface area contributed by atoms with Crippen LogP contribution < -0.4 is 19.5 Å². The molecule has 0 aliphatic carbocycles. The minimum Gasteiger partial charge on any atom is -0.545 e. The van der Waals surface area contributed by atoms with Gasteiger partial charge >= 0.3 is 0 Å². The van der Waals surface area contributed by atoms with Crippen molar-refractivity contribution in [3.05, 3.63) is 53.6 Å². The fourth-order valence-corrected chi connectivity index (χ4v) is 2.34. The molecule has 0 fully saturated rings. The smallest absolute Gasteiger partial charge is 0.161 e. The number of benzene rings is 2. The third-order valence-electron chi connectivity index (χ3n) is 3.45. The van der Waals surface area contributed by atoms with Gasteiger partial charge in [0.25, 0.3) is 0 Å². The first-order valence-corrected chi connectivity index (χ1v) is 6.53. The lowest BCUT2D eigenvalue weighted by Crippen LogP contribution is -2.32. The second-order valence-corrected chi connectivity index (χ2v) is 4.78. The van der Waals surface area contributed by atoms with Crippen molar-refractivity contribution in [1.82, 2.24) is 0 Å². The molecule has 0 saturated heterocycles. The van der Waals surface area contributed by atoms with Crippen LogP contribution in [-0.4, -0.2) is 19.8 Å². The van der Waals surface area contributed by atoms with E-state index >= 15 is 0 Å². The Morgan fingerprint density at radius 2 is 2.14 bits per heavy atom. The Labute approximate surface area is 122 Å². The third-order valence-corrected chi connectivity index (χ3v) is 3.45. The van der Waals surface area contributed by atoms with Crippen molar-refractivity contribution in [2.24, 2.45) is 0 Å². The van der Waals surface area contributed by atoms with Crippen LogP contribution in [0.2, 0.25) is 0 Å². The zero-order valence-corrected chi connectivity index (χ0v) is 11.5. The Hall–Kier alpha value is -2.69. The van der Waals surface area contributed by atoms with E-state index in [1.165, 1.54) is 6.07 Å². The largest absolute Gasteiger partial charge is 0.545 e. The number of fused-ring (bicyclic) bond motifs is 1. The number of carboxylic acids is 1. The van der Waals surface area contributed by atoms with E-state index in [9.17, 15) is 9.90 Å². The Kier molecular flexibility index (Phi) is 3.39. The summed E-state index contributed by atoms with van der Waals surface area (Å²) in [5, 5.41) is 10.9. The molecule has 21 heavy (non-hydrogen) atoms. The van der Waals surface area contributed by atoms with E-state index < -0.39 is 5.97 Å². The summed E-state index contributed by atoms with van der Waals surface area (Å²) in [6, 6.07) is 12.3. The van der Waals surface area contributed by atoms with Gasteiger partial charge in [0.1, 0.15) is 11.5 Å². The Balaban J connectivity index is 1.88. The van der Waals surface area contributed by atoms with Crippen LogP contribution in [0.4, 0.5) is 5.69 Å². The van der Waals surface area contributed by atoms with E-state index in [1.54, 1.807) is 19.2 Å². The Morgan fingerprint density at radius 1 is 1.29 bits per heavy atom. The van der Waals surface area contributed by atoms with Crippen LogP contribution in [0, 0.1) is 0 Å². The molecular weight excluding hydrogens is 270 g/mol. The van der Waals surface area contributed by atoms with Gasteiger partial charge in [-0.2, -0.15) is 0 Å². The standard InChI is InChI=1S/C16H15NO4/c1-20-14-5-6-15-12(8-14)9-17(10-21-15)13-4-2-3-11(7-13)16(18)19/h2-8H,9-10H2,1H3,(H,18,19)/p-1. The van der Waals surface area contributed by atoms with Gasteiger partial charge in [-0.15, -0.1) is 0 Å². The summed E-state index contributed by atoms with van der Waals surface area (Å²) in [5.74, 6) is 0.405. The van der Waals surface area contributed by atoms with Crippen molar-refractivity contribution >= 4 is 11.7 Å². The van der Waals surface area contributed by atoms with Crippen molar-refractivity contribution in [3.8, 4) is 11.5 Å². The van der Waals surface area contributed by atoms with Gasteiger partial charge in [0.15, 0.2) is 6.73 Å². The molecule has 5 nitrogen and oxygen atoms in total. The molecule has 1 heterocycles. The van der Waals surface area contributed by atoms with Gasteiger partial charge in [-0.3, -0.25) is 0 Å². The second-order valence-electron chi connectivity index (χ2n) is 4.78. The van der Waals surface area contributed by atoms with Crippen LogP contribution in [0.3, 0.4) is 0 Å². The molecule has 2 aromatic carbocycles. The molecule has 0 radical (unpaired) electrons. The van der Waals surface area contributed by atoms with Crippen LogP contribution in [-0.2, 0) is 6.54 Å². The normalized spacial score (nSPS) is 13.3. The molecule has 0 aromatic heterocycles. The summed E-state index contributed by atoms with van der Waals surface area (Å²) < 4.78 is 10.9. The highest BCUT2D eigenvalue weighted by atomic mass is 16.5. The predicted octanol–water partition coefficient (Wildman–Crippen LogP) is 1.42. The van der Waals surface area contributed by atoms with Gasteiger partial charge in [-0.25, -0.2) is 0 Å². The molecule has 0 amide bonds. The first-order chi connectivity index (χ1) is 10.2. The summed E-state index contributed by atoms with van der Waals surface area (Å²) in [5.41, 5.74) is 1.94. The molecule has 2 aromatic rings. The molecule has 1 aliphatic rings. The number of ether oxygens (including phenoxy) is 2. The van der Waals surface area contributed by atoms with Gasteiger partial charge in [0.2, 0.25) is 0 Å². The first kappa shape index (κ1) is 13.3. The molecule has 108 valence electrons. The molecule has 3 rings (SSSR count). The fourth-order valence-electron chi connectivity index (χ4n) is 2.34.